The third-order valence-corrected chi connectivity index (χ3v) is 3.61. The zero-order valence-corrected chi connectivity index (χ0v) is 11.9. The lowest BCUT2D eigenvalue weighted by Crippen LogP contribution is -2.31. The normalized spacial score (nSPS) is 16.0. The summed E-state index contributed by atoms with van der Waals surface area (Å²) in [5, 5.41) is 11.7. The second-order valence-corrected chi connectivity index (χ2v) is 5.22. The maximum atomic E-state index is 13.2. The van der Waals surface area contributed by atoms with E-state index in [-0.39, 0.29) is 18.3 Å². The Balaban J connectivity index is 1.63. The number of carbonyl (C=O) groups is 1. The van der Waals surface area contributed by atoms with Crippen LogP contribution >= 0.6 is 0 Å². The Morgan fingerprint density at radius 3 is 2.77 bits per heavy atom. The van der Waals surface area contributed by atoms with E-state index in [2.05, 4.69) is 5.32 Å². The molecule has 0 saturated heterocycles. The second kappa shape index (κ2) is 6.15. The monoisotopic (exact) mass is 301 g/mol. The van der Waals surface area contributed by atoms with Crippen LogP contribution in [0.2, 0.25) is 0 Å². The topological polar surface area (TPSA) is 58.6 Å². The second-order valence-electron chi connectivity index (χ2n) is 5.22. The maximum absolute atomic E-state index is 13.2. The SMILES string of the molecule is O=C(Nc1ccc(CCO)cc1)C1Cc2cc(F)ccc2O1. The maximum Gasteiger partial charge on any atom is 0.265 e. The smallest absolute Gasteiger partial charge is 0.265 e. The van der Waals surface area contributed by atoms with E-state index in [1.807, 2.05) is 12.1 Å². The van der Waals surface area contributed by atoms with Crippen molar-refractivity contribution in [2.45, 2.75) is 18.9 Å². The van der Waals surface area contributed by atoms with Gasteiger partial charge in [0, 0.05) is 24.3 Å². The van der Waals surface area contributed by atoms with Gasteiger partial charge in [0.05, 0.1) is 0 Å². The first-order chi connectivity index (χ1) is 10.7. The summed E-state index contributed by atoms with van der Waals surface area (Å²) in [4.78, 5) is 12.2. The minimum absolute atomic E-state index is 0.0937. The molecule has 0 spiro atoms. The first-order valence-corrected chi connectivity index (χ1v) is 7.11. The Morgan fingerprint density at radius 1 is 1.27 bits per heavy atom. The van der Waals surface area contributed by atoms with Crippen molar-refractivity contribution in [1.82, 2.24) is 0 Å². The van der Waals surface area contributed by atoms with Crippen molar-refractivity contribution in [2.75, 3.05) is 11.9 Å². The average Bonchev–Trinajstić information content (AvgIpc) is 2.92. The van der Waals surface area contributed by atoms with E-state index in [9.17, 15) is 9.18 Å². The summed E-state index contributed by atoms with van der Waals surface area (Å²) in [7, 11) is 0. The van der Waals surface area contributed by atoms with E-state index >= 15 is 0 Å². The molecule has 4 nitrogen and oxygen atoms in total. The zero-order chi connectivity index (χ0) is 15.5. The van der Waals surface area contributed by atoms with Crippen molar-refractivity contribution in [3.05, 3.63) is 59.4 Å². The van der Waals surface area contributed by atoms with E-state index in [0.29, 0.717) is 29.8 Å². The van der Waals surface area contributed by atoms with Crippen LogP contribution in [0, 0.1) is 5.82 Å². The van der Waals surface area contributed by atoms with Crippen LogP contribution < -0.4 is 10.1 Å². The summed E-state index contributed by atoms with van der Waals surface area (Å²) in [6.45, 7) is 0.0937. The van der Waals surface area contributed by atoms with Crippen molar-refractivity contribution in [3.8, 4) is 5.75 Å². The molecule has 114 valence electrons. The first kappa shape index (κ1) is 14.5. The Labute approximate surface area is 127 Å². The highest BCUT2D eigenvalue weighted by Crippen LogP contribution is 2.29. The molecule has 1 amide bonds. The predicted molar refractivity (Wildman–Crippen MR) is 80.4 cm³/mol. The fourth-order valence-electron chi connectivity index (χ4n) is 2.47. The van der Waals surface area contributed by atoms with Crippen molar-refractivity contribution in [3.63, 3.8) is 0 Å². The lowest BCUT2D eigenvalue weighted by Gasteiger charge is -2.11. The van der Waals surface area contributed by atoms with Gasteiger partial charge in [0.1, 0.15) is 11.6 Å². The van der Waals surface area contributed by atoms with E-state index in [1.165, 1.54) is 12.1 Å². The molecule has 1 aliphatic rings. The van der Waals surface area contributed by atoms with Gasteiger partial charge >= 0.3 is 0 Å². The number of fused-ring (bicyclic) bond motifs is 1. The summed E-state index contributed by atoms with van der Waals surface area (Å²) in [6.07, 6.45) is 0.302. The van der Waals surface area contributed by atoms with Crippen molar-refractivity contribution < 1.29 is 19.0 Å². The number of anilines is 1. The quantitative estimate of drug-likeness (QED) is 0.911. The third-order valence-electron chi connectivity index (χ3n) is 3.61. The van der Waals surface area contributed by atoms with Crippen molar-refractivity contribution in [1.29, 1.82) is 0 Å². The molecule has 0 aliphatic carbocycles. The number of ether oxygens (including phenoxy) is 1. The molecule has 1 aliphatic heterocycles. The number of carbonyl (C=O) groups excluding carboxylic acids is 1. The van der Waals surface area contributed by atoms with Gasteiger partial charge in [-0.15, -0.1) is 0 Å². The summed E-state index contributed by atoms with van der Waals surface area (Å²) in [5.74, 6) is -0.0331. The Bertz CT molecular complexity index is 685. The summed E-state index contributed by atoms with van der Waals surface area (Å²) < 4.78 is 18.7. The number of halogens is 1. The van der Waals surface area contributed by atoms with Gasteiger partial charge < -0.3 is 15.2 Å². The number of hydrogen-bond donors (Lipinski definition) is 2. The van der Waals surface area contributed by atoms with Gasteiger partial charge in [0.25, 0.3) is 5.91 Å². The van der Waals surface area contributed by atoms with E-state index < -0.39 is 6.10 Å². The number of rotatable bonds is 4. The lowest BCUT2D eigenvalue weighted by molar-refractivity contribution is -0.122. The van der Waals surface area contributed by atoms with Gasteiger partial charge in [-0.3, -0.25) is 4.79 Å². The number of amides is 1. The third kappa shape index (κ3) is 3.09. The van der Waals surface area contributed by atoms with Crippen molar-refractivity contribution in [2.24, 2.45) is 0 Å². The molecule has 1 atom stereocenters. The fraction of sp³-hybridized carbons (Fsp3) is 0.235. The van der Waals surface area contributed by atoms with E-state index in [0.717, 1.165) is 5.56 Å². The summed E-state index contributed by atoms with van der Waals surface area (Å²) in [6, 6.07) is 11.5. The van der Waals surface area contributed by atoms with Gasteiger partial charge in [-0.2, -0.15) is 0 Å². The van der Waals surface area contributed by atoms with Gasteiger partial charge in [0.15, 0.2) is 6.10 Å². The molecule has 0 bridgehead atoms. The standard InChI is InChI=1S/C17H16FNO3/c18-13-3-6-15-12(9-13)10-16(22-15)17(21)19-14-4-1-11(2-5-14)7-8-20/h1-6,9,16,20H,7-8,10H2,(H,19,21). The Hall–Kier alpha value is -2.40. The van der Waals surface area contributed by atoms with Crippen LogP contribution in [0.4, 0.5) is 10.1 Å². The van der Waals surface area contributed by atoms with Gasteiger partial charge in [-0.25, -0.2) is 4.39 Å². The highest BCUT2D eigenvalue weighted by molar-refractivity contribution is 5.95. The molecule has 2 aromatic rings. The molecular formula is C17H16FNO3. The highest BCUT2D eigenvalue weighted by Gasteiger charge is 2.29. The number of nitrogens with one attached hydrogen (secondary N) is 1. The largest absolute Gasteiger partial charge is 0.480 e. The van der Waals surface area contributed by atoms with Crippen LogP contribution in [0.5, 0.6) is 5.75 Å². The summed E-state index contributed by atoms with van der Waals surface area (Å²) >= 11 is 0. The molecule has 0 saturated carbocycles. The van der Waals surface area contributed by atoms with Crippen molar-refractivity contribution >= 4 is 11.6 Å². The molecule has 5 heteroatoms. The molecule has 0 radical (unpaired) electrons. The van der Waals surface area contributed by atoms with Crippen LogP contribution in [0.25, 0.3) is 0 Å². The molecular weight excluding hydrogens is 285 g/mol. The van der Waals surface area contributed by atoms with Crippen LogP contribution in [-0.4, -0.2) is 23.7 Å². The number of benzene rings is 2. The minimum Gasteiger partial charge on any atom is -0.480 e. The molecule has 22 heavy (non-hydrogen) atoms. The fourth-order valence-corrected chi connectivity index (χ4v) is 2.47. The number of hydrogen-bond acceptors (Lipinski definition) is 3. The van der Waals surface area contributed by atoms with Crippen LogP contribution in [-0.2, 0) is 17.6 Å². The number of aliphatic hydroxyl groups excluding tert-OH is 1. The van der Waals surface area contributed by atoms with Crippen LogP contribution in [0.15, 0.2) is 42.5 Å². The highest BCUT2D eigenvalue weighted by atomic mass is 19.1. The molecule has 0 fully saturated rings. The van der Waals surface area contributed by atoms with E-state index in [1.54, 1.807) is 18.2 Å². The average molecular weight is 301 g/mol. The minimum atomic E-state index is -0.645. The molecule has 0 aromatic heterocycles. The first-order valence-electron chi connectivity index (χ1n) is 7.11. The van der Waals surface area contributed by atoms with Gasteiger partial charge in [-0.1, -0.05) is 12.1 Å². The Morgan fingerprint density at radius 2 is 2.05 bits per heavy atom. The molecule has 1 heterocycles. The molecule has 2 aromatic carbocycles. The van der Waals surface area contributed by atoms with E-state index in [4.69, 9.17) is 9.84 Å². The van der Waals surface area contributed by atoms with Gasteiger partial charge in [0.2, 0.25) is 0 Å². The molecule has 2 N–H and O–H groups in total. The summed E-state index contributed by atoms with van der Waals surface area (Å²) in [5.41, 5.74) is 2.37. The Kier molecular flexibility index (Phi) is 4.06. The molecule has 3 rings (SSSR count). The number of aliphatic hydroxyl groups is 1. The van der Waals surface area contributed by atoms with Crippen LogP contribution in [0.1, 0.15) is 11.1 Å². The lowest BCUT2D eigenvalue weighted by atomic mass is 10.1. The van der Waals surface area contributed by atoms with Crippen LogP contribution in [0.3, 0.4) is 0 Å². The van der Waals surface area contributed by atoms with Gasteiger partial charge in [-0.05, 0) is 42.3 Å². The predicted octanol–water partition coefficient (Wildman–Crippen LogP) is 2.30. The molecule has 1 unspecified atom stereocenters. The zero-order valence-electron chi connectivity index (χ0n) is 11.9.